The number of phenols is 1. The van der Waals surface area contributed by atoms with E-state index in [1.54, 1.807) is 12.1 Å². The van der Waals surface area contributed by atoms with Gasteiger partial charge in [-0.15, -0.1) is 0 Å². The number of amides is 1. The summed E-state index contributed by atoms with van der Waals surface area (Å²) in [6.07, 6.45) is 1.68. The topological polar surface area (TPSA) is 71.0 Å². The van der Waals surface area contributed by atoms with E-state index in [2.05, 4.69) is 5.32 Å². The number of para-hydroxylation sites is 1. The first kappa shape index (κ1) is 17.7. The van der Waals surface area contributed by atoms with Gasteiger partial charge in [-0.2, -0.15) is 0 Å². The van der Waals surface area contributed by atoms with Gasteiger partial charge < -0.3 is 24.8 Å². The normalized spacial score (nSPS) is 21.7. The average molecular weight is 368 g/mol. The number of ether oxygens (including phenoxy) is 2. The number of nitrogens with zero attached hydrogens (tertiary/aromatic N) is 1. The first-order valence-corrected chi connectivity index (χ1v) is 9.41. The van der Waals surface area contributed by atoms with Gasteiger partial charge in [0.25, 0.3) is 5.91 Å². The second-order valence-electron chi connectivity index (χ2n) is 6.85. The molecule has 27 heavy (non-hydrogen) atoms. The van der Waals surface area contributed by atoms with E-state index in [0.717, 1.165) is 30.7 Å². The van der Waals surface area contributed by atoms with Crippen LogP contribution in [-0.4, -0.2) is 41.8 Å². The third-order valence-corrected chi connectivity index (χ3v) is 5.05. The van der Waals surface area contributed by atoms with Crippen molar-refractivity contribution in [2.75, 3.05) is 25.1 Å². The Morgan fingerprint density at radius 1 is 1.30 bits per heavy atom. The number of phenolic OH excluding ortho intramolecular Hbond substituents is 1. The lowest BCUT2D eigenvalue weighted by Gasteiger charge is -2.39. The smallest absolute Gasteiger partial charge is 0.257 e. The minimum atomic E-state index is -0.351. The maximum atomic E-state index is 13.2. The molecule has 1 saturated heterocycles. The van der Waals surface area contributed by atoms with Crippen molar-refractivity contribution in [2.45, 2.75) is 32.0 Å². The van der Waals surface area contributed by atoms with Crippen LogP contribution >= 0.6 is 0 Å². The molecule has 0 unspecified atom stereocenters. The fraction of sp³-hybridized carbons (Fsp3) is 0.381. The third-order valence-electron chi connectivity index (χ3n) is 5.05. The van der Waals surface area contributed by atoms with Crippen LogP contribution in [0.15, 0.2) is 42.5 Å². The minimum Gasteiger partial charge on any atom is -0.504 e. The van der Waals surface area contributed by atoms with Crippen molar-refractivity contribution in [1.82, 2.24) is 4.90 Å². The lowest BCUT2D eigenvalue weighted by molar-refractivity contribution is 0.0426. The highest BCUT2D eigenvalue weighted by Gasteiger charge is 2.35. The zero-order chi connectivity index (χ0) is 18.8. The molecular formula is C21H24N2O4. The van der Waals surface area contributed by atoms with E-state index in [4.69, 9.17) is 9.47 Å². The molecule has 6 heteroatoms. The van der Waals surface area contributed by atoms with Gasteiger partial charge in [0.05, 0.1) is 18.3 Å². The van der Waals surface area contributed by atoms with Gasteiger partial charge in [0.2, 0.25) is 0 Å². The van der Waals surface area contributed by atoms with E-state index >= 15 is 0 Å². The molecule has 2 aliphatic rings. The Bertz CT molecular complexity index is 833. The quantitative estimate of drug-likeness (QED) is 0.845. The van der Waals surface area contributed by atoms with Crippen LogP contribution in [0.25, 0.3) is 0 Å². The largest absolute Gasteiger partial charge is 0.504 e. The molecule has 0 spiro atoms. The van der Waals surface area contributed by atoms with Crippen molar-refractivity contribution < 1.29 is 19.4 Å². The lowest BCUT2D eigenvalue weighted by atomic mass is 10.0. The van der Waals surface area contributed by atoms with E-state index in [1.807, 2.05) is 42.2 Å². The predicted molar refractivity (Wildman–Crippen MR) is 102 cm³/mol. The molecule has 6 nitrogen and oxygen atoms in total. The van der Waals surface area contributed by atoms with E-state index in [-0.39, 0.29) is 23.9 Å². The molecule has 0 radical (unpaired) electrons. The second-order valence-corrected chi connectivity index (χ2v) is 6.85. The number of carbonyl (C=O) groups excluding carboxylic acids is 1. The van der Waals surface area contributed by atoms with E-state index in [0.29, 0.717) is 24.5 Å². The van der Waals surface area contributed by atoms with Crippen LogP contribution < -0.4 is 10.1 Å². The summed E-state index contributed by atoms with van der Waals surface area (Å²) < 4.78 is 11.3. The van der Waals surface area contributed by atoms with E-state index < -0.39 is 0 Å². The van der Waals surface area contributed by atoms with Gasteiger partial charge in [0, 0.05) is 18.8 Å². The van der Waals surface area contributed by atoms with Crippen molar-refractivity contribution in [1.29, 1.82) is 0 Å². The molecular weight excluding hydrogens is 344 g/mol. The number of hydrogen-bond acceptors (Lipinski definition) is 5. The molecule has 0 aliphatic carbocycles. The summed E-state index contributed by atoms with van der Waals surface area (Å²) in [5.74, 6) is 0.491. The summed E-state index contributed by atoms with van der Waals surface area (Å²) in [5.41, 5.74) is 2.33. The monoisotopic (exact) mass is 368 g/mol. The van der Waals surface area contributed by atoms with Crippen molar-refractivity contribution in [3.05, 3.63) is 53.6 Å². The maximum Gasteiger partial charge on any atom is 0.257 e. The molecule has 1 amide bonds. The fourth-order valence-electron chi connectivity index (χ4n) is 3.72. The highest BCUT2D eigenvalue weighted by molar-refractivity contribution is 6.01. The van der Waals surface area contributed by atoms with Gasteiger partial charge in [-0.3, -0.25) is 4.79 Å². The Kier molecular flexibility index (Phi) is 4.90. The second kappa shape index (κ2) is 7.48. The molecule has 2 aromatic rings. The summed E-state index contributed by atoms with van der Waals surface area (Å²) in [7, 11) is 0. The fourth-order valence-corrected chi connectivity index (χ4v) is 3.72. The Labute approximate surface area is 158 Å². The van der Waals surface area contributed by atoms with Gasteiger partial charge in [0.1, 0.15) is 6.17 Å². The number of fused-ring (bicyclic) bond motifs is 1. The summed E-state index contributed by atoms with van der Waals surface area (Å²) in [4.78, 5) is 15.0. The number of nitrogens with one attached hydrogen (secondary N) is 1. The van der Waals surface area contributed by atoms with Crippen molar-refractivity contribution in [3.8, 4) is 11.5 Å². The molecule has 2 atom stereocenters. The summed E-state index contributed by atoms with van der Waals surface area (Å²) in [5, 5.41) is 13.5. The first-order valence-electron chi connectivity index (χ1n) is 9.41. The van der Waals surface area contributed by atoms with Gasteiger partial charge in [-0.05, 0) is 49.6 Å². The molecule has 0 aromatic heterocycles. The molecule has 2 N–H and O–H groups in total. The van der Waals surface area contributed by atoms with Gasteiger partial charge in [-0.1, -0.05) is 18.2 Å². The van der Waals surface area contributed by atoms with Crippen LogP contribution in [0.5, 0.6) is 11.5 Å². The average Bonchev–Trinajstić information content (AvgIpc) is 3.19. The Morgan fingerprint density at radius 3 is 2.93 bits per heavy atom. The number of aromatic hydroxyl groups is 1. The molecule has 2 aliphatic heterocycles. The Balaban J connectivity index is 1.71. The lowest BCUT2D eigenvalue weighted by Crippen LogP contribution is -2.46. The van der Waals surface area contributed by atoms with E-state index in [9.17, 15) is 9.90 Å². The highest BCUT2D eigenvalue weighted by atomic mass is 16.5. The van der Waals surface area contributed by atoms with Crippen LogP contribution in [0.4, 0.5) is 5.69 Å². The Hall–Kier alpha value is -2.73. The SMILES string of the molecule is CCOc1cc([C@H]2Nc3ccccc3C(=O)N2C[C@@H]2CCCO2)ccc1O. The zero-order valence-corrected chi connectivity index (χ0v) is 15.4. The first-order chi connectivity index (χ1) is 13.2. The van der Waals surface area contributed by atoms with E-state index in [1.165, 1.54) is 0 Å². The van der Waals surface area contributed by atoms with Crippen LogP contribution in [0, 0.1) is 0 Å². The van der Waals surface area contributed by atoms with Crippen LogP contribution in [0.3, 0.4) is 0 Å². The Morgan fingerprint density at radius 2 is 2.15 bits per heavy atom. The number of rotatable bonds is 5. The van der Waals surface area contributed by atoms with Crippen molar-refractivity contribution >= 4 is 11.6 Å². The number of carbonyl (C=O) groups is 1. The van der Waals surface area contributed by atoms with Crippen molar-refractivity contribution in [3.63, 3.8) is 0 Å². The van der Waals surface area contributed by atoms with Gasteiger partial charge >= 0.3 is 0 Å². The summed E-state index contributed by atoms with van der Waals surface area (Å²) in [6, 6.07) is 12.8. The minimum absolute atomic E-state index is 0.0177. The van der Waals surface area contributed by atoms with Gasteiger partial charge in [-0.25, -0.2) is 0 Å². The molecule has 2 aromatic carbocycles. The standard InChI is InChI=1S/C21H24N2O4/c1-2-26-19-12-14(9-10-18(19)24)20-22-17-8-4-3-7-16(17)21(25)23(20)13-15-6-5-11-27-15/h3-4,7-10,12,15,20,22,24H,2,5-6,11,13H2,1H3/t15-,20-/m0/s1. The van der Waals surface area contributed by atoms with Crippen LogP contribution in [-0.2, 0) is 4.74 Å². The third kappa shape index (κ3) is 3.45. The molecule has 4 rings (SSSR count). The summed E-state index contributed by atoms with van der Waals surface area (Å²) >= 11 is 0. The highest BCUT2D eigenvalue weighted by Crippen LogP contribution is 2.37. The van der Waals surface area contributed by atoms with Crippen molar-refractivity contribution in [2.24, 2.45) is 0 Å². The maximum absolute atomic E-state index is 13.2. The molecule has 0 saturated carbocycles. The molecule has 0 bridgehead atoms. The number of benzene rings is 2. The number of anilines is 1. The molecule has 1 fully saturated rings. The van der Waals surface area contributed by atoms with Crippen LogP contribution in [0.1, 0.15) is 41.9 Å². The van der Waals surface area contributed by atoms with Crippen LogP contribution in [0.2, 0.25) is 0 Å². The molecule has 142 valence electrons. The number of hydrogen-bond donors (Lipinski definition) is 2. The van der Waals surface area contributed by atoms with Gasteiger partial charge in [0.15, 0.2) is 11.5 Å². The molecule has 2 heterocycles. The predicted octanol–water partition coefficient (Wildman–Crippen LogP) is 3.54. The zero-order valence-electron chi connectivity index (χ0n) is 15.4. The summed E-state index contributed by atoms with van der Waals surface area (Å²) in [6.45, 7) is 3.59.